The lowest BCUT2D eigenvalue weighted by Gasteiger charge is -2.32. The number of rotatable bonds is 17. The maximum Gasteiger partial charge on any atom is 0.344 e. The summed E-state index contributed by atoms with van der Waals surface area (Å²) in [5, 5.41) is 11.3. The molecule has 8 heteroatoms. The first-order chi connectivity index (χ1) is 19.0. The molecule has 0 aliphatic heterocycles. The molecule has 40 heavy (non-hydrogen) atoms. The lowest BCUT2D eigenvalue weighted by Crippen LogP contribution is -2.32. The Morgan fingerprint density at radius 2 is 1.80 bits per heavy atom. The smallest absolute Gasteiger partial charge is 0.344 e. The van der Waals surface area contributed by atoms with Crippen LogP contribution in [0.1, 0.15) is 122 Å². The predicted octanol–water partition coefficient (Wildman–Crippen LogP) is 8.05. The molecule has 3 atom stereocenters. The number of aromatic hydroxyl groups is 1. The van der Waals surface area contributed by atoms with Crippen LogP contribution in [-0.2, 0) is 24.8 Å². The number of carbonyl (C=O) groups is 1. The van der Waals surface area contributed by atoms with Gasteiger partial charge in [0, 0.05) is 11.5 Å². The van der Waals surface area contributed by atoms with Crippen molar-refractivity contribution in [1.82, 2.24) is 0 Å². The van der Waals surface area contributed by atoms with Crippen LogP contribution in [-0.4, -0.2) is 23.3 Å². The molecule has 0 spiro atoms. The van der Waals surface area contributed by atoms with E-state index in [-0.39, 0.29) is 42.8 Å². The molecule has 1 fully saturated rings. The van der Waals surface area contributed by atoms with Crippen molar-refractivity contribution < 1.29 is 33.1 Å². The number of aryl methyl sites for hydroxylation is 1. The SMILES string of the molecule is C=C(C)[C@@H]1CCC(C)=C[C@H]1c1c(O)cc(CCCCC)cc1OC(=O)C1(OP(=O)([O-])OCCCCCCC)CC1. The second-order valence-corrected chi connectivity index (χ2v) is 13.0. The summed E-state index contributed by atoms with van der Waals surface area (Å²) in [7, 11) is -4.69. The molecule has 0 aromatic heterocycles. The summed E-state index contributed by atoms with van der Waals surface area (Å²) >= 11 is 0. The highest BCUT2D eigenvalue weighted by molar-refractivity contribution is 7.46. The van der Waals surface area contributed by atoms with E-state index >= 15 is 0 Å². The van der Waals surface area contributed by atoms with Gasteiger partial charge in [-0.25, -0.2) is 4.79 Å². The third-order valence-electron chi connectivity index (χ3n) is 8.03. The average Bonchev–Trinajstić information content (AvgIpc) is 3.66. The van der Waals surface area contributed by atoms with Crippen LogP contribution in [0.25, 0.3) is 0 Å². The van der Waals surface area contributed by atoms with Crippen molar-refractivity contribution in [2.45, 2.75) is 123 Å². The van der Waals surface area contributed by atoms with Gasteiger partial charge in [0.2, 0.25) is 0 Å². The Morgan fingerprint density at radius 3 is 2.45 bits per heavy atom. The molecule has 3 rings (SSSR count). The maximum atomic E-state index is 13.4. The summed E-state index contributed by atoms with van der Waals surface area (Å²) in [5.74, 6) is -0.574. The summed E-state index contributed by atoms with van der Waals surface area (Å²) in [6.07, 6.45) is 12.9. The zero-order valence-corrected chi connectivity index (χ0v) is 25.7. The fraction of sp³-hybridized carbons (Fsp3) is 0.656. The molecule has 2 aliphatic rings. The number of ether oxygens (including phenoxy) is 1. The molecule has 0 heterocycles. The van der Waals surface area contributed by atoms with Gasteiger partial charge in [0.25, 0.3) is 7.82 Å². The normalized spacial score (nSPS) is 21.4. The molecule has 0 bridgehead atoms. The molecule has 0 saturated heterocycles. The highest BCUT2D eigenvalue weighted by Gasteiger charge is 2.56. The van der Waals surface area contributed by atoms with Crippen LogP contribution in [0.4, 0.5) is 0 Å². The van der Waals surface area contributed by atoms with Crippen molar-refractivity contribution in [3.05, 3.63) is 47.1 Å². The van der Waals surface area contributed by atoms with E-state index < -0.39 is 19.4 Å². The van der Waals surface area contributed by atoms with E-state index in [1.165, 1.54) is 5.57 Å². The molecule has 1 aromatic rings. The number of allylic oxidation sites excluding steroid dienone is 3. The van der Waals surface area contributed by atoms with E-state index in [2.05, 4.69) is 33.4 Å². The Labute approximate surface area is 240 Å². The standard InChI is InChI=1S/C32H49O7P/c1-6-8-10-11-13-19-37-40(35,36)39-32(17-18-32)31(34)38-29-22-25(14-12-9-7-2)21-28(33)30(29)27-20-24(5)15-16-26(27)23(3)4/h20-22,26-27,33H,3,6-19H2,1-2,4-5H3,(H,35,36)/p-1/t26-,27+/m0/s1. The molecule has 2 aliphatic carbocycles. The van der Waals surface area contributed by atoms with Crippen molar-refractivity contribution in [3.63, 3.8) is 0 Å². The molecule has 1 saturated carbocycles. The molecule has 0 amide bonds. The van der Waals surface area contributed by atoms with Gasteiger partial charge in [0.1, 0.15) is 11.5 Å². The minimum Gasteiger partial charge on any atom is -0.756 e. The quantitative estimate of drug-likeness (QED) is 0.0658. The number of esters is 1. The minimum absolute atomic E-state index is 0.0309. The van der Waals surface area contributed by atoms with E-state index in [9.17, 15) is 19.4 Å². The minimum atomic E-state index is -4.69. The van der Waals surface area contributed by atoms with Gasteiger partial charge in [-0.3, -0.25) is 9.09 Å². The third-order valence-corrected chi connectivity index (χ3v) is 9.10. The maximum absolute atomic E-state index is 13.4. The summed E-state index contributed by atoms with van der Waals surface area (Å²) in [6, 6.07) is 3.58. The molecule has 1 N–H and O–H groups in total. The molecule has 1 aromatic carbocycles. The molecule has 224 valence electrons. The van der Waals surface area contributed by atoms with Crippen LogP contribution in [0.5, 0.6) is 11.5 Å². The topological polar surface area (TPSA) is 105 Å². The molecular formula is C32H48O7P-. The Morgan fingerprint density at radius 1 is 1.12 bits per heavy atom. The van der Waals surface area contributed by atoms with Gasteiger partial charge in [0.05, 0.1) is 6.61 Å². The first-order valence-corrected chi connectivity index (χ1v) is 16.5. The van der Waals surface area contributed by atoms with Crippen molar-refractivity contribution in [2.75, 3.05) is 6.61 Å². The highest BCUT2D eigenvalue weighted by atomic mass is 31.2. The zero-order valence-electron chi connectivity index (χ0n) is 24.8. The molecule has 1 unspecified atom stereocenters. The van der Waals surface area contributed by atoms with E-state index in [4.69, 9.17) is 13.8 Å². The fourth-order valence-corrected chi connectivity index (χ4v) is 6.57. The summed E-state index contributed by atoms with van der Waals surface area (Å²) in [6.45, 7) is 12.5. The van der Waals surface area contributed by atoms with E-state index in [0.29, 0.717) is 12.0 Å². The van der Waals surface area contributed by atoms with Gasteiger partial charge < -0.3 is 19.3 Å². The van der Waals surface area contributed by atoms with Crippen molar-refractivity contribution in [3.8, 4) is 11.5 Å². The van der Waals surface area contributed by atoms with E-state index in [0.717, 1.165) is 75.3 Å². The number of benzene rings is 1. The second-order valence-electron chi connectivity index (χ2n) is 11.7. The molecular weight excluding hydrogens is 527 g/mol. The summed E-state index contributed by atoms with van der Waals surface area (Å²) in [4.78, 5) is 26.0. The Balaban J connectivity index is 1.83. The van der Waals surface area contributed by atoms with Gasteiger partial charge in [-0.2, -0.15) is 0 Å². The number of hydrogen-bond acceptors (Lipinski definition) is 7. The average molecular weight is 576 g/mol. The van der Waals surface area contributed by atoms with Gasteiger partial charge in [-0.1, -0.05) is 76.2 Å². The number of phosphoric acid groups is 1. The Hall–Kier alpha value is -1.92. The van der Waals surface area contributed by atoms with E-state index in [1.54, 1.807) is 6.07 Å². The zero-order chi connectivity index (χ0) is 29.3. The number of hydrogen-bond donors (Lipinski definition) is 1. The van der Waals surface area contributed by atoms with Crippen molar-refractivity contribution in [1.29, 1.82) is 0 Å². The molecule has 0 radical (unpaired) electrons. The second kappa shape index (κ2) is 14.8. The fourth-order valence-electron chi connectivity index (χ4n) is 5.48. The first kappa shape index (κ1) is 32.6. The first-order valence-electron chi connectivity index (χ1n) is 15.1. The number of phenols is 1. The van der Waals surface area contributed by atoms with Crippen LogP contribution in [0, 0.1) is 5.92 Å². The van der Waals surface area contributed by atoms with Crippen LogP contribution >= 0.6 is 7.82 Å². The number of unbranched alkanes of at least 4 members (excludes halogenated alkanes) is 6. The lowest BCUT2D eigenvalue weighted by atomic mass is 9.73. The van der Waals surface area contributed by atoms with Gasteiger partial charge >= 0.3 is 5.97 Å². The van der Waals surface area contributed by atoms with Crippen LogP contribution in [0.2, 0.25) is 0 Å². The van der Waals surface area contributed by atoms with Crippen molar-refractivity contribution in [2.24, 2.45) is 5.92 Å². The van der Waals surface area contributed by atoms with Gasteiger partial charge in [0.15, 0.2) is 5.60 Å². The Kier molecular flexibility index (Phi) is 12.1. The molecule has 7 nitrogen and oxygen atoms in total. The predicted molar refractivity (Wildman–Crippen MR) is 156 cm³/mol. The highest BCUT2D eigenvalue weighted by Crippen LogP contribution is 2.54. The van der Waals surface area contributed by atoms with Gasteiger partial charge in [-0.15, -0.1) is 0 Å². The largest absolute Gasteiger partial charge is 0.756 e. The Bertz CT molecular complexity index is 1100. The van der Waals surface area contributed by atoms with Crippen LogP contribution in [0.3, 0.4) is 0 Å². The number of phenolic OH excluding ortho intramolecular Hbond substituents is 1. The lowest BCUT2D eigenvalue weighted by molar-refractivity contribution is -0.232. The third kappa shape index (κ3) is 9.04. The summed E-state index contributed by atoms with van der Waals surface area (Å²) in [5.41, 5.74) is 2.01. The monoisotopic (exact) mass is 575 g/mol. The van der Waals surface area contributed by atoms with E-state index in [1.807, 2.05) is 13.0 Å². The summed E-state index contributed by atoms with van der Waals surface area (Å²) < 4.78 is 28.9. The van der Waals surface area contributed by atoms with Crippen molar-refractivity contribution >= 4 is 13.8 Å². The van der Waals surface area contributed by atoms with Gasteiger partial charge in [-0.05, 0) is 82.4 Å². The number of phosphoric ester groups is 1. The van der Waals surface area contributed by atoms with Crippen LogP contribution in [0.15, 0.2) is 35.9 Å². The number of carbonyl (C=O) groups excluding carboxylic acids is 1. The van der Waals surface area contributed by atoms with Crippen LogP contribution < -0.4 is 9.63 Å².